The van der Waals surface area contributed by atoms with E-state index in [1.807, 2.05) is 49.4 Å². The summed E-state index contributed by atoms with van der Waals surface area (Å²) in [6.45, 7) is 1.91. The fourth-order valence-corrected chi connectivity index (χ4v) is 3.53. The third-order valence-electron chi connectivity index (χ3n) is 4.46. The molecule has 0 aliphatic carbocycles. The Morgan fingerprint density at radius 3 is 2.72 bits per heavy atom. The number of halogens is 2. The molecule has 0 bridgehead atoms. The number of amides is 1. The Hall–Kier alpha value is -2.89. The Kier molecular flexibility index (Phi) is 5.51. The summed E-state index contributed by atoms with van der Waals surface area (Å²) in [4.78, 5) is 17.4. The first-order chi connectivity index (χ1) is 14.0. The van der Waals surface area contributed by atoms with Gasteiger partial charge in [0.15, 0.2) is 5.76 Å². The Balaban J connectivity index is 1.67. The number of oxazole rings is 1. The summed E-state index contributed by atoms with van der Waals surface area (Å²) in [5, 5.41) is 3.49. The molecule has 1 aromatic heterocycles. The molecule has 6 heteroatoms. The third-order valence-corrected chi connectivity index (χ3v) is 5.19. The molecule has 1 amide bonds. The lowest BCUT2D eigenvalue weighted by molar-refractivity contribution is 0.102. The SMILES string of the molecule is Cc1ccc(Cl)cc1NC(=O)c1ccccc1-c1ncc(-c2cccc(Br)c2)o1. The number of benzene rings is 3. The molecule has 0 spiro atoms. The number of aryl methyl sites for hydroxylation is 1. The zero-order chi connectivity index (χ0) is 20.4. The zero-order valence-electron chi connectivity index (χ0n) is 15.4. The molecule has 1 heterocycles. The van der Waals surface area contributed by atoms with Crippen LogP contribution >= 0.6 is 27.5 Å². The first kappa shape index (κ1) is 19.4. The highest BCUT2D eigenvalue weighted by Crippen LogP contribution is 2.30. The van der Waals surface area contributed by atoms with Gasteiger partial charge in [0, 0.05) is 26.3 Å². The van der Waals surface area contributed by atoms with E-state index in [1.165, 1.54) is 0 Å². The number of rotatable bonds is 4. The molecule has 4 nitrogen and oxygen atoms in total. The monoisotopic (exact) mass is 466 g/mol. The molecular weight excluding hydrogens is 452 g/mol. The second-order valence-corrected chi connectivity index (χ2v) is 7.85. The molecule has 0 saturated carbocycles. The number of carbonyl (C=O) groups excluding carboxylic acids is 1. The summed E-state index contributed by atoms with van der Waals surface area (Å²) < 4.78 is 6.91. The Bertz CT molecular complexity index is 1200. The maximum absolute atomic E-state index is 13.0. The predicted molar refractivity (Wildman–Crippen MR) is 119 cm³/mol. The van der Waals surface area contributed by atoms with E-state index in [0.717, 1.165) is 15.6 Å². The minimum absolute atomic E-state index is 0.256. The lowest BCUT2D eigenvalue weighted by atomic mass is 10.1. The van der Waals surface area contributed by atoms with Crippen LogP contribution in [-0.2, 0) is 0 Å². The number of aromatic nitrogens is 1. The molecule has 144 valence electrons. The van der Waals surface area contributed by atoms with Crippen LogP contribution in [0.2, 0.25) is 5.02 Å². The fourth-order valence-electron chi connectivity index (χ4n) is 2.96. The number of anilines is 1. The topological polar surface area (TPSA) is 55.1 Å². The van der Waals surface area contributed by atoms with E-state index >= 15 is 0 Å². The highest BCUT2D eigenvalue weighted by atomic mass is 79.9. The van der Waals surface area contributed by atoms with Crippen molar-refractivity contribution in [2.45, 2.75) is 6.92 Å². The van der Waals surface area contributed by atoms with Crippen molar-refractivity contribution in [2.75, 3.05) is 5.32 Å². The number of hydrogen-bond donors (Lipinski definition) is 1. The number of nitrogens with zero attached hydrogens (tertiary/aromatic N) is 1. The van der Waals surface area contributed by atoms with E-state index in [-0.39, 0.29) is 5.91 Å². The van der Waals surface area contributed by atoms with E-state index in [2.05, 4.69) is 26.2 Å². The van der Waals surface area contributed by atoms with Gasteiger partial charge in [0.1, 0.15) is 0 Å². The van der Waals surface area contributed by atoms with Crippen LogP contribution in [0.25, 0.3) is 22.8 Å². The molecule has 4 aromatic rings. The molecule has 0 saturated heterocycles. The lowest BCUT2D eigenvalue weighted by Crippen LogP contribution is -2.14. The molecule has 0 aliphatic rings. The molecule has 0 atom stereocenters. The molecule has 29 heavy (non-hydrogen) atoms. The van der Waals surface area contributed by atoms with Gasteiger partial charge in [-0.15, -0.1) is 0 Å². The molecule has 0 unspecified atom stereocenters. The van der Waals surface area contributed by atoms with Gasteiger partial charge in [-0.25, -0.2) is 4.98 Å². The van der Waals surface area contributed by atoms with Crippen molar-refractivity contribution in [2.24, 2.45) is 0 Å². The average molecular weight is 468 g/mol. The summed E-state index contributed by atoms with van der Waals surface area (Å²) in [5.74, 6) is 0.754. The van der Waals surface area contributed by atoms with Crippen molar-refractivity contribution in [3.05, 3.63) is 93.5 Å². The zero-order valence-corrected chi connectivity index (χ0v) is 17.8. The van der Waals surface area contributed by atoms with Gasteiger partial charge < -0.3 is 9.73 Å². The maximum Gasteiger partial charge on any atom is 0.256 e. The van der Waals surface area contributed by atoms with Crippen molar-refractivity contribution in [3.63, 3.8) is 0 Å². The smallest absolute Gasteiger partial charge is 0.256 e. The maximum atomic E-state index is 13.0. The Morgan fingerprint density at radius 2 is 1.90 bits per heavy atom. The van der Waals surface area contributed by atoms with Gasteiger partial charge in [0.2, 0.25) is 5.89 Å². The van der Waals surface area contributed by atoms with Crippen LogP contribution in [0.3, 0.4) is 0 Å². The molecular formula is C23H16BrClN2O2. The number of carbonyl (C=O) groups is 1. The van der Waals surface area contributed by atoms with Crippen molar-refractivity contribution in [1.82, 2.24) is 4.98 Å². The highest BCUT2D eigenvalue weighted by molar-refractivity contribution is 9.10. The van der Waals surface area contributed by atoms with E-state index in [1.54, 1.807) is 30.5 Å². The van der Waals surface area contributed by atoms with Crippen LogP contribution in [0.1, 0.15) is 15.9 Å². The van der Waals surface area contributed by atoms with E-state index < -0.39 is 0 Å². The lowest BCUT2D eigenvalue weighted by Gasteiger charge is -2.11. The van der Waals surface area contributed by atoms with E-state index in [4.69, 9.17) is 16.0 Å². The van der Waals surface area contributed by atoms with E-state index in [9.17, 15) is 4.79 Å². The Labute approximate surface area is 181 Å². The van der Waals surface area contributed by atoms with Gasteiger partial charge in [-0.05, 0) is 48.9 Å². The van der Waals surface area contributed by atoms with Crippen molar-refractivity contribution >= 4 is 39.1 Å². The predicted octanol–water partition coefficient (Wildman–Crippen LogP) is 6.99. The van der Waals surface area contributed by atoms with Crippen LogP contribution < -0.4 is 5.32 Å². The number of hydrogen-bond acceptors (Lipinski definition) is 3. The molecule has 1 N–H and O–H groups in total. The minimum Gasteiger partial charge on any atom is -0.436 e. The van der Waals surface area contributed by atoms with Crippen molar-refractivity contribution in [1.29, 1.82) is 0 Å². The van der Waals surface area contributed by atoms with Crippen LogP contribution in [0, 0.1) is 6.92 Å². The van der Waals surface area contributed by atoms with Gasteiger partial charge in [0.25, 0.3) is 5.91 Å². The van der Waals surface area contributed by atoms with Crippen LogP contribution in [-0.4, -0.2) is 10.9 Å². The normalized spacial score (nSPS) is 10.7. The second kappa shape index (κ2) is 8.23. The second-order valence-electron chi connectivity index (χ2n) is 6.50. The molecule has 0 fully saturated rings. The fraction of sp³-hybridized carbons (Fsp3) is 0.0435. The average Bonchev–Trinajstić information content (AvgIpc) is 3.21. The third kappa shape index (κ3) is 4.26. The van der Waals surface area contributed by atoms with Crippen LogP contribution in [0.5, 0.6) is 0 Å². The molecule has 4 rings (SSSR count). The highest BCUT2D eigenvalue weighted by Gasteiger charge is 2.18. The summed E-state index contributed by atoms with van der Waals surface area (Å²) in [6, 6.07) is 20.4. The first-order valence-corrected chi connectivity index (χ1v) is 10.1. The van der Waals surface area contributed by atoms with Crippen LogP contribution in [0.15, 0.2) is 81.8 Å². The largest absolute Gasteiger partial charge is 0.436 e. The van der Waals surface area contributed by atoms with Gasteiger partial charge >= 0.3 is 0 Å². The summed E-state index contributed by atoms with van der Waals surface area (Å²) >= 11 is 9.53. The van der Waals surface area contributed by atoms with Gasteiger partial charge in [-0.2, -0.15) is 0 Å². The molecule has 0 radical (unpaired) electrons. The quantitative estimate of drug-likeness (QED) is 0.352. The number of nitrogens with one attached hydrogen (secondary N) is 1. The summed E-state index contributed by atoms with van der Waals surface area (Å²) in [7, 11) is 0. The van der Waals surface area contributed by atoms with Gasteiger partial charge in [-0.3, -0.25) is 4.79 Å². The standard InChI is InChI=1S/C23H16BrClN2O2/c1-14-9-10-17(25)12-20(14)27-22(28)18-7-2-3-8-19(18)23-26-13-21(29-23)15-5-4-6-16(24)11-15/h2-13H,1H3,(H,27,28). The van der Waals surface area contributed by atoms with Gasteiger partial charge in [-0.1, -0.05) is 57.9 Å². The summed E-state index contributed by atoms with van der Waals surface area (Å²) in [5.41, 5.74) is 3.57. The van der Waals surface area contributed by atoms with Crippen LogP contribution in [0.4, 0.5) is 5.69 Å². The minimum atomic E-state index is -0.256. The van der Waals surface area contributed by atoms with Crippen molar-refractivity contribution < 1.29 is 9.21 Å². The molecule has 3 aromatic carbocycles. The van der Waals surface area contributed by atoms with Gasteiger partial charge in [0.05, 0.1) is 11.8 Å². The molecule has 0 aliphatic heterocycles. The Morgan fingerprint density at radius 1 is 1.07 bits per heavy atom. The van der Waals surface area contributed by atoms with E-state index in [0.29, 0.717) is 33.5 Å². The summed E-state index contributed by atoms with van der Waals surface area (Å²) in [6.07, 6.45) is 1.66. The first-order valence-electron chi connectivity index (χ1n) is 8.90. The van der Waals surface area contributed by atoms with Crippen molar-refractivity contribution in [3.8, 4) is 22.8 Å².